The zero-order chi connectivity index (χ0) is 44.1. The summed E-state index contributed by atoms with van der Waals surface area (Å²) in [5, 5.41) is 19.7. The molecular weight excluding hydrogens is 949 g/mol. The first-order valence-electron chi connectivity index (χ1n) is 22.8. The zero-order valence-electron chi connectivity index (χ0n) is 35.7. The Labute approximate surface area is 404 Å². The minimum Gasteiger partial charge on any atom is -0.427 e. The predicted octanol–water partition coefficient (Wildman–Crippen LogP) is 11.9. The second-order valence-corrected chi connectivity index (χ2v) is 21.1. The molecule has 2 atom stereocenters. The molecule has 2 unspecified atom stereocenters. The Morgan fingerprint density at radius 3 is 1.55 bits per heavy atom. The van der Waals surface area contributed by atoms with Crippen molar-refractivity contribution in [3.8, 4) is 22.8 Å². The lowest BCUT2D eigenvalue weighted by atomic mass is 9.84. The number of aromatic nitrogens is 4. The highest BCUT2D eigenvalue weighted by Crippen LogP contribution is 2.43. The second-order valence-electron chi connectivity index (χ2n) is 18.5. The van der Waals surface area contributed by atoms with Crippen molar-refractivity contribution in [2.75, 3.05) is 13.1 Å². The Morgan fingerprint density at radius 1 is 0.578 bits per heavy atom. The summed E-state index contributed by atoms with van der Waals surface area (Å²) in [7, 11) is -1.04. The Kier molecular flexibility index (Phi) is 13.4. The summed E-state index contributed by atoms with van der Waals surface area (Å²) >= 11 is 29.0. The Balaban J connectivity index is 0.000000134. The van der Waals surface area contributed by atoms with Gasteiger partial charge in [0.05, 0.1) is 32.8 Å². The highest BCUT2D eigenvalue weighted by Gasteiger charge is 2.34. The van der Waals surface area contributed by atoms with Crippen LogP contribution in [0.25, 0.3) is 22.8 Å². The number of aryl methyl sites for hydroxylation is 2. The van der Waals surface area contributed by atoms with Gasteiger partial charge in [-0.3, -0.25) is 9.80 Å². The highest BCUT2D eigenvalue weighted by molar-refractivity contribution is 9.10. The van der Waals surface area contributed by atoms with E-state index in [1.807, 2.05) is 30.3 Å². The van der Waals surface area contributed by atoms with Gasteiger partial charge in [0, 0.05) is 76.7 Å². The molecule has 0 spiro atoms. The minimum absolute atomic E-state index is 0.213. The molecule has 2 saturated carbocycles. The van der Waals surface area contributed by atoms with E-state index in [4.69, 9.17) is 66.4 Å². The van der Waals surface area contributed by atoms with Crippen LogP contribution in [0.1, 0.15) is 95.0 Å². The normalized spacial score (nSPS) is 20.4. The fourth-order valence-electron chi connectivity index (χ4n) is 10.0. The third kappa shape index (κ3) is 10.2. The molecule has 6 aliphatic rings. The quantitative estimate of drug-likeness (QED) is 0.124. The predicted molar refractivity (Wildman–Crippen MR) is 264 cm³/mol. The molecule has 2 aromatic heterocycles. The maximum absolute atomic E-state index is 8.25. The van der Waals surface area contributed by atoms with Gasteiger partial charge >= 0.3 is 7.12 Å². The van der Waals surface area contributed by atoms with Crippen molar-refractivity contribution in [2.24, 2.45) is 0 Å². The lowest BCUT2D eigenvalue weighted by Gasteiger charge is -2.37. The summed E-state index contributed by atoms with van der Waals surface area (Å²) in [5.74, 6) is 2.70. The van der Waals surface area contributed by atoms with Crippen LogP contribution in [0.4, 0.5) is 0 Å². The number of imidazole rings is 2. The number of halogens is 5. The number of aromatic amines is 2. The van der Waals surface area contributed by atoms with Crippen molar-refractivity contribution in [3.63, 3.8) is 0 Å². The summed E-state index contributed by atoms with van der Waals surface area (Å²) < 4.78 is 0.974. The molecule has 0 radical (unpaired) electrons. The van der Waals surface area contributed by atoms with Crippen LogP contribution < -0.4 is 0 Å². The number of benzene rings is 4. The number of H-pyrrole nitrogens is 2. The van der Waals surface area contributed by atoms with Crippen molar-refractivity contribution in [2.45, 2.75) is 114 Å². The summed E-state index contributed by atoms with van der Waals surface area (Å²) in [5.41, 5.74) is 13.9. The second kappa shape index (κ2) is 19.2. The number of nitrogens with one attached hydrogen (secondary N) is 2. The van der Waals surface area contributed by atoms with Crippen LogP contribution in [-0.4, -0.2) is 72.1 Å². The molecular formula is C50H52BBrCl4N6O2. The molecule has 4 aromatic carbocycles. The van der Waals surface area contributed by atoms with Crippen LogP contribution in [0.15, 0.2) is 77.3 Å². The summed E-state index contributed by atoms with van der Waals surface area (Å²) in [4.78, 5) is 22.1. The Morgan fingerprint density at radius 2 is 1.09 bits per heavy atom. The van der Waals surface area contributed by atoms with E-state index >= 15 is 0 Å². The molecule has 14 heteroatoms. The fourth-order valence-corrected chi connectivity index (χ4v) is 11.4. The van der Waals surface area contributed by atoms with Crippen LogP contribution in [0.5, 0.6) is 0 Å². The molecule has 2 fully saturated rings. The number of fused-ring (bicyclic) bond motifs is 4. The van der Waals surface area contributed by atoms with Crippen molar-refractivity contribution in [1.29, 1.82) is 0 Å². The van der Waals surface area contributed by atoms with Crippen LogP contribution >= 0.6 is 62.3 Å². The molecule has 12 rings (SSSR count). The van der Waals surface area contributed by atoms with Crippen LogP contribution in [0.2, 0.25) is 25.9 Å². The largest absolute Gasteiger partial charge is 0.454 e. The molecule has 4 aliphatic carbocycles. The van der Waals surface area contributed by atoms with Crippen molar-refractivity contribution in [1.82, 2.24) is 29.7 Å². The molecule has 332 valence electrons. The van der Waals surface area contributed by atoms with E-state index in [1.165, 1.54) is 76.3 Å². The van der Waals surface area contributed by atoms with Crippen LogP contribution in [-0.2, 0) is 51.6 Å². The van der Waals surface area contributed by atoms with Gasteiger partial charge in [-0.2, -0.15) is 0 Å². The number of rotatable bonds is 6. The lowest BCUT2D eigenvalue weighted by molar-refractivity contribution is 0.160. The van der Waals surface area contributed by atoms with Gasteiger partial charge in [0.2, 0.25) is 0 Å². The summed E-state index contributed by atoms with van der Waals surface area (Å²) in [6.07, 6.45) is 13.4. The average molecular weight is 1000 g/mol. The van der Waals surface area contributed by atoms with Gasteiger partial charge in [-0.05, 0) is 146 Å². The molecule has 0 amide bonds. The monoisotopic (exact) mass is 998 g/mol. The standard InChI is InChI=1S/C25H25Cl2N3.C22H20BrCl2N3.C3H7BO2/c26-19-6-3-16-4-7-20(12-18(16)11-19)30-10-9-23-24(14-30)29-25(28-23)21-8-5-17(13-22(21)27)15-1-2-15;23-15-3-6-18(19(25)11-15)22-26-20-7-8-28(12-21(20)27-22)17-5-2-13-1-4-16(24)9-14(13)10-17;5-4(6)3-1-2-3/h3,5-6,8,11,13,15,20H,1-2,4,7,9-10,12,14H2,(H,28,29);1,3-4,6,9,11,17H,2,5,7-8,10,12H2,(H,26,27);3,5-6H,1-2H2. The van der Waals surface area contributed by atoms with Gasteiger partial charge in [0.15, 0.2) is 0 Å². The van der Waals surface area contributed by atoms with Gasteiger partial charge in [-0.15, -0.1) is 0 Å². The third-order valence-electron chi connectivity index (χ3n) is 14.0. The third-order valence-corrected chi connectivity index (χ3v) is 15.6. The smallest absolute Gasteiger partial charge is 0.427 e. The topological polar surface area (TPSA) is 104 Å². The first-order chi connectivity index (χ1) is 31.0. The maximum Gasteiger partial charge on any atom is 0.454 e. The maximum atomic E-state index is 8.25. The molecule has 4 heterocycles. The SMILES string of the molecule is Clc1ccc2c(c1)CC(N1CCc3nc(-c4ccc(Br)cc4Cl)[nH]c3C1)CC2.Clc1ccc2c(c1)CC(N1CCc3nc(-c4ccc(C5CC5)cc4Cl)[nH]c3C1)CC2.OB(O)C1CC1. The molecule has 0 bridgehead atoms. The Bertz CT molecular complexity index is 2660. The Hall–Kier alpha value is -3.16. The van der Waals surface area contributed by atoms with E-state index in [0.29, 0.717) is 23.0 Å². The van der Waals surface area contributed by atoms with E-state index in [2.05, 4.69) is 78.2 Å². The zero-order valence-corrected chi connectivity index (χ0v) is 40.3. The molecule has 0 saturated heterocycles. The highest BCUT2D eigenvalue weighted by atomic mass is 79.9. The van der Waals surface area contributed by atoms with E-state index < -0.39 is 7.12 Å². The van der Waals surface area contributed by atoms with Gasteiger partial charge < -0.3 is 20.0 Å². The lowest BCUT2D eigenvalue weighted by Crippen LogP contribution is -2.42. The van der Waals surface area contributed by atoms with Crippen molar-refractivity contribution < 1.29 is 10.0 Å². The van der Waals surface area contributed by atoms with E-state index in [0.717, 1.165) is 120 Å². The first-order valence-corrected chi connectivity index (χ1v) is 25.1. The van der Waals surface area contributed by atoms with Gasteiger partial charge in [-0.1, -0.05) is 93.4 Å². The van der Waals surface area contributed by atoms with Crippen LogP contribution in [0.3, 0.4) is 0 Å². The molecule has 64 heavy (non-hydrogen) atoms. The first kappa shape index (κ1) is 44.7. The van der Waals surface area contributed by atoms with Gasteiger partial charge in [-0.25, -0.2) is 9.97 Å². The van der Waals surface area contributed by atoms with Gasteiger partial charge in [0.1, 0.15) is 11.6 Å². The molecule has 4 N–H and O–H groups in total. The van der Waals surface area contributed by atoms with E-state index in [9.17, 15) is 0 Å². The molecule has 8 nitrogen and oxygen atoms in total. The summed E-state index contributed by atoms with van der Waals surface area (Å²) in [6.45, 7) is 3.95. The van der Waals surface area contributed by atoms with E-state index in [-0.39, 0.29) is 5.82 Å². The van der Waals surface area contributed by atoms with Crippen LogP contribution in [0, 0.1) is 0 Å². The number of hydrogen-bond donors (Lipinski definition) is 4. The van der Waals surface area contributed by atoms with Crippen molar-refractivity contribution >= 4 is 69.5 Å². The average Bonchev–Trinajstić information content (AvgIpc) is 4.23. The number of hydrogen-bond acceptors (Lipinski definition) is 6. The van der Waals surface area contributed by atoms with E-state index in [1.54, 1.807) is 0 Å². The summed E-state index contributed by atoms with van der Waals surface area (Å²) in [6, 6.07) is 26.2. The van der Waals surface area contributed by atoms with Gasteiger partial charge in [0.25, 0.3) is 0 Å². The minimum atomic E-state index is -1.04. The number of nitrogens with zero attached hydrogens (tertiary/aromatic N) is 4. The molecule has 2 aliphatic heterocycles. The molecule has 6 aromatic rings. The fraction of sp³-hybridized carbons (Fsp3) is 0.400. The van der Waals surface area contributed by atoms with Crippen molar-refractivity contribution in [3.05, 3.63) is 148 Å².